The van der Waals surface area contributed by atoms with Gasteiger partial charge in [-0.05, 0) is 37.1 Å². The number of nitrogens with one attached hydrogen (secondary N) is 1. The number of likely N-dealkylation sites (tertiary alicyclic amines) is 2. The topological polar surface area (TPSA) is 72.3 Å². The van der Waals surface area contributed by atoms with E-state index in [0.29, 0.717) is 0 Å². The number of alkyl halides is 1. The normalized spacial score (nSPS) is 25.2. The van der Waals surface area contributed by atoms with Crippen LogP contribution in [0.3, 0.4) is 0 Å². The summed E-state index contributed by atoms with van der Waals surface area (Å²) in [5.74, 6) is -0.153. The molecule has 1 amide bonds. The van der Waals surface area contributed by atoms with E-state index in [9.17, 15) is 9.18 Å². The summed E-state index contributed by atoms with van der Waals surface area (Å²) >= 11 is 0. The molecule has 0 radical (unpaired) electrons. The number of anilines is 1. The van der Waals surface area contributed by atoms with Crippen LogP contribution in [-0.2, 0) is 4.79 Å². The SMILES string of the molecule is Cc1cc(N[C@@H]2CCN(CC(=O)N3C[C@@H](F)CC3C#N)C2)cc2cccnc12. The zero-order valence-electron chi connectivity index (χ0n) is 15.9. The minimum absolute atomic E-state index is 0.0387. The first kappa shape index (κ1) is 18.6. The van der Waals surface area contributed by atoms with Crippen molar-refractivity contribution in [2.24, 2.45) is 0 Å². The highest BCUT2D eigenvalue weighted by molar-refractivity contribution is 5.85. The number of rotatable bonds is 4. The number of aromatic nitrogens is 1. The van der Waals surface area contributed by atoms with Gasteiger partial charge in [-0.3, -0.25) is 14.7 Å². The molecule has 2 aromatic rings. The number of nitrogens with zero attached hydrogens (tertiary/aromatic N) is 4. The molecule has 0 saturated carbocycles. The molecule has 2 aliphatic heterocycles. The third-order valence-corrected chi connectivity index (χ3v) is 5.62. The Kier molecular flexibility index (Phi) is 5.14. The molecule has 3 heterocycles. The van der Waals surface area contributed by atoms with Crippen LogP contribution in [0, 0.1) is 18.3 Å². The molecule has 1 N–H and O–H groups in total. The van der Waals surface area contributed by atoms with Crippen LogP contribution in [0.4, 0.5) is 10.1 Å². The highest BCUT2D eigenvalue weighted by Gasteiger charge is 2.36. The number of pyridine rings is 1. The lowest BCUT2D eigenvalue weighted by Gasteiger charge is -2.23. The highest BCUT2D eigenvalue weighted by Crippen LogP contribution is 2.24. The molecule has 0 aliphatic carbocycles. The van der Waals surface area contributed by atoms with Crippen LogP contribution in [0.15, 0.2) is 30.5 Å². The summed E-state index contributed by atoms with van der Waals surface area (Å²) in [4.78, 5) is 20.4. The van der Waals surface area contributed by atoms with Gasteiger partial charge >= 0.3 is 0 Å². The van der Waals surface area contributed by atoms with E-state index in [1.165, 1.54) is 4.90 Å². The van der Waals surface area contributed by atoms with Gasteiger partial charge in [-0.2, -0.15) is 5.26 Å². The molecule has 7 heteroatoms. The molecule has 1 unspecified atom stereocenters. The molecule has 1 aromatic heterocycles. The second-order valence-corrected chi connectivity index (χ2v) is 7.76. The van der Waals surface area contributed by atoms with Crippen LogP contribution < -0.4 is 5.32 Å². The molecule has 0 spiro atoms. The van der Waals surface area contributed by atoms with Gasteiger partial charge in [0.15, 0.2) is 0 Å². The first-order valence-electron chi connectivity index (χ1n) is 9.71. The molecule has 0 bridgehead atoms. The van der Waals surface area contributed by atoms with Gasteiger partial charge in [-0.1, -0.05) is 6.07 Å². The van der Waals surface area contributed by atoms with Crippen LogP contribution in [0.25, 0.3) is 10.9 Å². The van der Waals surface area contributed by atoms with Gasteiger partial charge in [0.2, 0.25) is 5.91 Å². The maximum Gasteiger partial charge on any atom is 0.237 e. The molecule has 6 nitrogen and oxygen atoms in total. The van der Waals surface area contributed by atoms with E-state index in [-0.39, 0.29) is 31.5 Å². The fourth-order valence-electron chi connectivity index (χ4n) is 4.25. The number of nitriles is 1. The predicted molar refractivity (Wildman–Crippen MR) is 106 cm³/mol. The van der Waals surface area contributed by atoms with Crippen molar-refractivity contribution in [3.63, 3.8) is 0 Å². The van der Waals surface area contributed by atoms with E-state index >= 15 is 0 Å². The van der Waals surface area contributed by atoms with Gasteiger partial charge in [0.25, 0.3) is 0 Å². The number of hydrogen-bond donors (Lipinski definition) is 1. The molecule has 2 fully saturated rings. The van der Waals surface area contributed by atoms with Crippen molar-refractivity contribution in [1.29, 1.82) is 5.26 Å². The predicted octanol–water partition coefficient (Wildman–Crippen LogP) is 2.49. The van der Waals surface area contributed by atoms with E-state index in [4.69, 9.17) is 5.26 Å². The summed E-state index contributed by atoms with van der Waals surface area (Å²) in [7, 11) is 0. The molecule has 146 valence electrons. The third-order valence-electron chi connectivity index (χ3n) is 5.62. The lowest BCUT2D eigenvalue weighted by atomic mass is 10.1. The number of halogens is 1. The fourth-order valence-corrected chi connectivity index (χ4v) is 4.25. The van der Waals surface area contributed by atoms with Gasteiger partial charge in [0.05, 0.1) is 24.7 Å². The first-order chi connectivity index (χ1) is 13.5. The van der Waals surface area contributed by atoms with Gasteiger partial charge in [0.1, 0.15) is 12.2 Å². The Morgan fingerprint density at radius 2 is 2.29 bits per heavy atom. The Hall–Kier alpha value is -2.72. The Bertz CT molecular complexity index is 927. The third kappa shape index (κ3) is 3.78. The monoisotopic (exact) mass is 381 g/mol. The summed E-state index contributed by atoms with van der Waals surface area (Å²) in [5, 5.41) is 13.8. The van der Waals surface area contributed by atoms with E-state index < -0.39 is 12.2 Å². The summed E-state index contributed by atoms with van der Waals surface area (Å²) in [5.41, 5.74) is 3.19. The zero-order valence-corrected chi connectivity index (χ0v) is 15.9. The molecular formula is C21H24FN5O. The number of benzene rings is 1. The second kappa shape index (κ2) is 7.72. The largest absolute Gasteiger partial charge is 0.381 e. The molecule has 3 atom stereocenters. The smallest absolute Gasteiger partial charge is 0.237 e. The minimum atomic E-state index is -1.09. The van der Waals surface area contributed by atoms with Crippen molar-refractivity contribution >= 4 is 22.5 Å². The molecule has 1 aromatic carbocycles. The second-order valence-electron chi connectivity index (χ2n) is 7.76. The summed E-state index contributed by atoms with van der Waals surface area (Å²) < 4.78 is 13.6. The average Bonchev–Trinajstić information content (AvgIpc) is 3.27. The lowest BCUT2D eigenvalue weighted by molar-refractivity contribution is -0.132. The quantitative estimate of drug-likeness (QED) is 0.881. The average molecular weight is 381 g/mol. The van der Waals surface area contributed by atoms with Crippen molar-refractivity contribution < 1.29 is 9.18 Å². The van der Waals surface area contributed by atoms with E-state index in [0.717, 1.165) is 41.7 Å². The van der Waals surface area contributed by atoms with Crippen molar-refractivity contribution in [3.05, 3.63) is 36.0 Å². The number of hydrogen-bond acceptors (Lipinski definition) is 5. The molecule has 2 aliphatic rings. The van der Waals surface area contributed by atoms with Gasteiger partial charge < -0.3 is 10.2 Å². The summed E-state index contributed by atoms with van der Waals surface area (Å²) in [6, 6.07) is 9.86. The number of fused-ring (bicyclic) bond motifs is 1. The minimum Gasteiger partial charge on any atom is -0.381 e. The van der Waals surface area contributed by atoms with Gasteiger partial charge in [0, 0.05) is 42.8 Å². The molecule has 4 rings (SSSR count). The maximum atomic E-state index is 13.6. The highest BCUT2D eigenvalue weighted by atomic mass is 19.1. The number of carbonyl (C=O) groups is 1. The molecular weight excluding hydrogens is 357 g/mol. The van der Waals surface area contributed by atoms with Crippen LogP contribution >= 0.6 is 0 Å². The van der Waals surface area contributed by atoms with Crippen LogP contribution in [-0.4, -0.2) is 65.1 Å². The Balaban J connectivity index is 1.36. The fraction of sp³-hybridized carbons (Fsp3) is 0.476. The van der Waals surface area contributed by atoms with Gasteiger partial charge in [-0.15, -0.1) is 0 Å². The lowest BCUT2D eigenvalue weighted by Crippen LogP contribution is -2.42. The number of carbonyl (C=O) groups excluding carboxylic acids is 1. The van der Waals surface area contributed by atoms with Crippen LogP contribution in [0.2, 0.25) is 0 Å². The summed E-state index contributed by atoms with van der Waals surface area (Å²) in [6.07, 6.45) is 1.77. The molecule has 2 saturated heterocycles. The number of aryl methyl sites for hydroxylation is 1. The van der Waals surface area contributed by atoms with Gasteiger partial charge in [-0.25, -0.2) is 4.39 Å². The first-order valence-corrected chi connectivity index (χ1v) is 9.71. The van der Waals surface area contributed by atoms with Crippen molar-refractivity contribution in [2.45, 2.75) is 38.0 Å². The van der Waals surface area contributed by atoms with E-state index in [2.05, 4.69) is 40.3 Å². The summed E-state index contributed by atoms with van der Waals surface area (Å²) in [6.45, 7) is 3.89. The Morgan fingerprint density at radius 3 is 3.11 bits per heavy atom. The van der Waals surface area contributed by atoms with Crippen LogP contribution in [0.5, 0.6) is 0 Å². The Morgan fingerprint density at radius 1 is 1.43 bits per heavy atom. The van der Waals surface area contributed by atoms with Crippen molar-refractivity contribution in [2.75, 3.05) is 31.5 Å². The van der Waals surface area contributed by atoms with Crippen LogP contribution in [0.1, 0.15) is 18.4 Å². The van der Waals surface area contributed by atoms with Crippen molar-refractivity contribution in [1.82, 2.24) is 14.8 Å². The van der Waals surface area contributed by atoms with Crippen molar-refractivity contribution in [3.8, 4) is 6.07 Å². The number of amides is 1. The standard InChI is InChI=1S/C21H24FN5O/c1-14-7-18(8-15-3-2-5-24-21(14)15)25-17-4-6-26(12-17)13-20(28)27-11-16(22)9-19(27)10-23/h2-3,5,7-8,16-17,19,25H,4,6,9,11-13H2,1H3/t16-,17+,19?/m0/s1. The zero-order chi connectivity index (χ0) is 19.7. The molecule has 28 heavy (non-hydrogen) atoms. The van der Waals surface area contributed by atoms with E-state index in [1.54, 1.807) is 6.20 Å². The van der Waals surface area contributed by atoms with E-state index in [1.807, 2.05) is 12.1 Å². The maximum absolute atomic E-state index is 13.6. The Labute approximate surface area is 163 Å².